The van der Waals surface area contributed by atoms with Crippen molar-refractivity contribution in [2.24, 2.45) is 0 Å². The summed E-state index contributed by atoms with van der Waals surface area (Å²) in [5.74, 6) is -0.862. The maximum Gasteiger partial charge on any atom is 0.200 e. The number of nitrogens with zero attached hydrogens (tertiary/aromatic N) is 3. The van der Waals surface area contributed by atoms with Crippen molar-refractivity contribution in [2.45, 2.75) is 13.5 Å². The third-order valence-electron chi connectivity index (χ3n) is 5.32. The molecule has 6 nitrogen and oxygen atoms in total. The molecule has 7 heteroatoms. The molecule has 0 aliphatic carbocycles. The number of nitrogens with one attached hydrogen (secondary N) is 1. The molecule has 4 rings (SSSR count). The minimum absolute atomic E-state index is 0.0267. The topological polar surface area (TPSA) is 67.2 Å². The lowest BCUT2D eigenvalue weighted by Crippen LogP contribution is -2.43. The Balaban J connectivity index is 1.77. The quantitative estimate of drug-likeness (QED) is 0.521. The number of carbonyl (C=O) groups is 1. The number of anilines is 1. The molecule has 0 radical (unpaired) electrons. The summed E-state index contributed by atoms with van der Waals surface area (Å²) in [5, 5.41) is 3.47. The average molecular weight is 406 g/mol. The van der Waals surface area contributed by atoms with Gasteiger partial charge in [-0.15, -0.1) is 0 Å². The van der Waals surface area contributed by atoms with Crippen LogP contribution in [0.3, 0.4) is 0 Å². The first kappa shape index (κ1) is 20.0. The van der Waals surface area contributed by atoms with Gasteiger partial charge in [0.2, 0.25) is 5.43 Å². The van der Waals surface area contributed by atoms with Gasteiger partial charge in [0.05, 0.1) is 16.8 Å². The largest absolute Gasteiger partial charge is 0.367 e. The summed E-state index contributed by atoms with van der Waals surface area (Å²) in [6.07, 6.45) is 7.81. The zero-order valence-corrected chi connectivity index (χ0v) is 16.8. The molecule has 1 saturated heterocycles. The Morgan fingerprint density at radius 1 is 1.30 bits per heavy atom. The van der Waals surface area contributed by atoms with Crippen molar-refractivity contribution in [1.82, 2.24) is 14.9 Å². The van der Waals surface area contributed by atoms with Gasteiger partial charge in [0.1, 0.15) is 5.82 Å². The number of hydrogen-bond acceptors (Lipinski definition) is 5. The van der Waals surface area contributed by atoms with Crippen LogP contribution in [0.4, 0.5) is 10.1 Å². The Labute approximate surface area is 173 Å². The summed E-state index contributed by atoms with van der Waals surface area (Å²) < 4.78 is 16.7. The van der Waals surface area contributed by atoms with Crippen LogP contribution in [0.1, 0.15) is 22.8 Å². The molecule has 0 unspecified atom stereocenters. The maximum absolute atomic E-state index is 14.9. The summed E-state index contributed by atoms with van der Waals surface area (Å²) in [4.78, 5) is 31.7. The van der Waals surface area contributed by atoms with E-state index >= 15 is 0 Å². The number of carbonyl (C=O) groups excluding carboxylic acids is 1. The highest BCUT2D eigenvalue weighted by Gasteiger charge is 2.19. The minimum atomic E-state index is -0.457. The number of piperazine rings is 1. The lowest BCUT2D eigenvalue weighted by molar-refractivity contribution is 0.104. The molecule has 30 heavy (non-hydrogen) atoms. The first-order valence-corrected chi connectivity index (χ1v) is 10.0. The zero-order chi connectivity index (χ0) is 21.1. The van der Waals surface area contributed by atoms with Crippen molar-refractivity contribution in [1.29, 1.82) is 0 Å². The smallest absolute Gasteiger partial charge is 0.200 e. The van der Waals surface area contributed by atoms with Gasteiger partial charge in [-0.2, -0.15) is 0 Å². The molecule has 1 aromatic carbocycles. The van der Waals surface area contributed by atoms with E-state index in [-0.39, 0.29) is 10.9 Å². The number of allylic oxidation sites excluding steroid dienone is 1. The molecule has 3 aromatic rings. The summed E-state index contributed by atoms with van der Waals surface area (Å²) in [6, 6.07) is 6.57. The number of benzene rings is 1. The van der Waals surface area contributed by atoms with Gasteiger partial charge >= 0.3 is 0 Å². The summed E-state index contributed by atoms with van der Waals surface area (Å²) in [6.45, 7) is 5.46. The van der Waals surface area contributed by atoms with Crippen LogP contribution in [0.2, 0.25) is 0 Å². The summed E-state index contributed by atoms with van der Waals surface area (Å²) in [5.41, 5.74) is 1.45. The molecule has 0 atom stereocenters. The van der Waals surface area contributed by atoms with Crippen molar-refractivity contribution in [3.05, 3.63) is 76.1 Å². The van der Waals surface area contributed by atoms with Crippen LogP contribution in [-0.2, 0) is 6.54 Å². The Morgan fingerprint density at radius 2 is 2.10 bits per heavy atom. The first-order chi connectivity index (χ1) is 14.6. The van der Waals surface area contributed by atoms with Crippen molar-refractivity contribution < 1.29 is 9.18 Å². The van der Waals surface area contributed by atoms with Gasteiger partial charge in [-0.25, -0.2) is 4.39 Å². The molecule has 1 fully saturated rings. The second-order valence-corrected chi connectivity index (χ2v) is 7.20. The maximum atomic E-state index is 14.9. The molecular weight excluding hydrogens is 383 g/mol. The van der Waals surface area contributed by atoms with Gasteiger partial charge in [0.15, 0.2) is 5.78 Å². The van der Waals surface area contributed by atoms with Gasteiger partial charge < -0.3 is 14.8 Å². The number of aryl methyl sites for hydroxylation is 1. The number of rotatable bonds is 5. The van der Waals surface area contributed by atoms with Crippen molar-refractivity contribution in [3.8, 4) is 0 Å². The van der Waals surface area contributed by atoms with E-state index in [1.165, 1.54) is 12.1 Å². The molecule has 0 saturated carbocycles. The highest BCUT2D eigenvalue weighted by atomic mass is 19.1. The Morgan fingerprint density at radius 3 is 2.80 bits per heavy atom. The van der Waals surface area contributed by atoms with Crippen LogP contribution in [-0.4, -0.2) is 41.5 Å². The predicted molar refractivity (Wildman–Crippen MR) is 117 cm³/mol. The lowest BCUT2D eigenvalue weighted by atomic mass is 10.1. The predicted octanol–water partition coefficient (Wildman–Crippen LogP) is 2.86. The molecule has 154 valence electrons. The molecule has 1 aliphatic heterocycles. The fourth-order valence-corrected chi connectivity index (χ4v) is 3.72. The standard InChI is InChI=1S/C23H23FN4O2/c1-2-27-15-18(22(29)6-5-16-4-3-7-26-14-16)23(30)17-12-19(24)21(13-20(17)27)28-10-8-25-9-11-28/h3-7,12-15,25H,2,8-11H2,1H3. The van der Waals surface area contributed by atoms with Gasteiger partial charge in [0, 0.05) is 56.7 Å². The average Bonchev–Trinajstić information content (AvgIpc) is 2.79. The first-order valence-electron chi connectivity index (χ1n) is 10.0. The third-order valence-corrected chi connectivity index (χ3v) is 5.32. The summed E-state index contributed by atoms with van der Waals surface area (Å²) >= 11 is 0. The van der Waals surface area contributed by atoms with E-state index < -0.39 is 17.0 Å². The van der Waals surface area contributed by atoms with Gasteiger partial charge in [-0.05, 0) is 42.8 Å². The second kappa shape index (κ2) is 8.59. The molecule has 2 aromatic heterocycles. The fourth-order valence-electron chi connectivity index (χ4n) is 3.72. The van der Waals surface area contributed by atoms with Crippen LogP contribution in [0.5, 0.6) is 0 Å². The third kappa shape index (κ3) is 3.89. The van der Waals surface area contributed by atoms with E-state index in [0.717, 1.165) is 18.7 Å². The van der Waals surface area contributed by atoms with Crippen molar-refractivity contribution in [3.63, 3.8) is 0 Å². The Kier molecular flexibility index (Phi) is 5.72. The molecule has 3 heterocycles. The van der Waals surface area contributed by atoms with E-state index in [1.807, 2.05) is 22.5 Å². The summed E-state index contributed by atoms with van der Waals surface area (Å²) in [7, 11) is 0. The molecule has 0 amide bonds. The fraction of sp³-hybridized carbons (Fsp3) is 0.261. The number of aromatic nitrogens is 2. The normalized spacial score (nSPS) is 14.5. The van der Waals surface area contributed by atoms with Gasteiger partial charge in [-0.3, -0.25) is 14.6 Å². The monoisotopic (exact) mass is 406 g/mol. The van der Waals surface area contributed by atoms with Crippen LogP contribution in [0, 0.1) is 5.82 Å². The Bertz CT molecular complexity index is 1170. The number of pyridine rings is 2. The highest BCUT2D eigenvalue weighted by Crippen LogP contribution is 2.25. The molecule has 1 N–H and O–H groups in total. The van der Waals surface area contributed by atoms with E-state index in [4.69, 9.17) is 0 Å². The Hall–Kier alpha value is -3.32. The number of halogens is 1. The van der Waals surface area contributed by atoms with Crippen LogP contribution < -0.4 is 15.6 Å². The number of ketones is 1. The lowest BCUT2D eigenvalue weighted by Gasteiger charge is -2.30. The second-order valence-electron chi connectivity index (χ2n) is 7.20. The SMILES string of the molecule is CCn1cc(C(=O)C=Cc2cccnc2)c(=O)c2cc(F)c(N3CCNCC3)cc21. The van der Waals surface area contributed by atoms with Gasteiger partial charge in [0.25, 0.3) is 0 Å². The number of fused-ring (bicyclic) bond motifs is 1. The molecule has 1 aliphatic rings. The van der Waals surface area contributed by atoms with Crippen molar-refractivity contribution in [2.75, 3.05) is 31.1 Å². The molecule has 0 bridgehead atoms. The number of hydrogen-bond donors (Lipinski definition) is 1. The molecule has 0 spiro atoms. The van der Waals surface area contributed by atoms with Crippen LogP contribution in [0.15, 0.2) is 53.7 Å². The van der Waals surface area contributed by atoms with E-state index in [1.54, 1.807) is 36.8 Å². The van der Waals surface area contributed by atoms with E-state index in [2.05, 4.69) is 10.3 Å². The van der Waals surface area contributed by atoms with E-state index in [0.29, 0.717) is 30.8 Å². The van der Waals surface area contributed by atoms with Crippen LogP contribution in [0.25, 0.3) is 17.0 Å². The van der Waals surface area contributed by atoms with Crippen molar-refractivity contribution >= 4 is 28.4 Å². The van der Waals surface area contributed by atoms with Crippen LogP contribution >= 0.6 is 0 Å². The van der Waals surface area contributed by atoms with E-state index in [9.17, 15) is 14.0 Å². The highest BCUT2D eigenvalue weighted by molar-refractivity contribution is 6.08. The van der Waals surface area contributed by atoms with Gasteiger partial charge in [-0.1, -0.05) is 6.07 Å². The zero-order valence-electron chi connectivity index (χ0n) is 16.8. The minimum Gasteiger partial charge on any atom is -0.367 e. The molecular formula is C23H23FN4O2.